The first kappa shape index (κ1) is 15.3. The lowest BCUT2D eigenvalue weighted by Gasteiger charge is -2.17. The number of alkyl halides is 1. The van der Waals surface area contributed by atoms with Gasteiger partial charge in [-0.25, -0.2) is 0 Å². The van der Waals surface area contributed by atoms with E-state index in [1.807, 2.05) is 18.2 Å². The van der Waals surface area contributed by atoms with Crippen LogP contribution in [0.2, 0.25) is 0 Å². The summed E-state index contributed by atoms with van der Waals surface area (Å²) in [6.45, 7) is 3.22. The zero-order chi connectivity index (χ0) is 13.4. The van der Waals surface area contributed by atoms with E-state index in [9.17, 15) is 0 Å². The molecule has 0 saturated carbocycles. The minimum atomic E-state index is 0.0803. The number of benzene rings is 1. The molecule has 0 heterocycles. The van der Waals surface area contributed by atoms with Crippen molar-refractivity contribution in [2.75, 3.05) is 26.2 Å². The van der Waals surface area contributed by atoms with E-state index in [1.165, 1.54) is 5.56 Å². The second kappa shape index (κ2) is 8.35. The van der Waals surface area contributed by atoms with Crippen LogP contribution in [0.1, 0.15) is 12.5 Å². The van der Waals surface area contributed by atoms with Gasteiger partial charge in [0.1, 0.15) is 12.4 Å². The summed E-state index contributed by atoms with van der Waals surface area (Å²) in [7, 11) is 1.66. The third-order valence-corrected chi connectivity index (χ3v) is 3.39. The van der Waals surface area contributed by atoms with E-state index in [4.69, 9.17) is 26.8 Å². The molecule has 0 bridgehead atoms. The van der Waals surface area contributed by atoms with E-state index >= 15 is 0 Å². The highest BCUT2D eigenvalue weighted by Gasteiger charge is 2.12. The van der Waals surface area contributed by atoms with Crippen LogP contribution in [0.5, 0.6) is 5.75 Å². The number of ether oxygens (including phenoxy) is 2. The van der Waals surface area contributed by atoms with Crippen LogP contribution >= 0.6 is 11.6 Å². The third-order valence-electron chi connectivity index (χ3n) is 2.90. The number of nitrogens with two attached hydrogens (primary N) is 1. The summed E-state index contributed by atoms with van der Waals surface area (Å²) in [4.78, 5) is 0. The molecule has 1 aromatic carbocycles. The Kier molecular flexibility index (Phi) is 7.09. The molecule has 102 valence electrons. The number of hydrogen-bond acceptors (Lipinski definition) is 3. The van der Waals surface area contributed by atoms with Gasteiger partial charge in [0.05, 0.1) is 6.61 Å². The summed E-state index contributed by atoms with van der Waals surface area (Å²) in [5.41, 5.74) is 7.26. The molecular weight excluding hydrogens is 250 g/mol. The van der Waals surface area contributed by atoms with Crippen molar-refractivity contribution in [1.29, 1.82) is 0 Å². The van der Waals surface area contributed by atoms with Gasteiger partial charge < -0.3 is 15.2 Å². The zero-order valence-electron chi connectivity index (χ0n) is 11.1. The van der Waals surface area contributed by atoms with Crippen molar-refractivity contribution in [2.24, 2.45) is 11.7 Å². The molecule has 0 radical (unpaired) electrons. The molecule has 18 heavy (non-hydrogen) atoms. The highest BCUT2D eigenvalue weighted by molar-refractivity contribution is 6.18. The summed E-state index contributed by atoms with van der Waals surface area (Å²) >= 11 is 5.81. The van der Waals surface area contributed by atoms with E-state index in [0.717, 1.165) is 12.2 Å². The first-order valence-electron chi connectivity index (χ1n) is 6.19. The Hall–Kier alpha value is -0.770. The fourth-order valence-electron chi connectivity index (χ4n) is 1.59. The molecule has 0 fully saturated rings. The van der Waals surface area contributed by atoms with Crippen molar-refractivity contribution >= 4 is 11.6 Å². The molecule has 0 aromatic heterocycles. The van der Waals surface area contributed by atoms with Gasteiger partial charge in [-0.2, -0.15) is 0 Å². The van der Waals surface area contributed by atoms with Crippen LogP contribution in [0, 0.1) is 5.92 Å². The molecule has 0 amide bonds. The smallest absolute Gasteiger partial charge is 0.119 e. The Morgan fingerprint density at radius 1 is 1.33 bits per heavy atom. The van der Waals surface area contributed by atoms with Crippen molar-refractivity contribution in [3.63, 3.8) is 0 Å². The molecule has 1 aromatic rings. The second-order valence-corrected chi connectivity index (χ2v) is 4.80. The summed E-state index contributed by atoms with van der Waals surface area (Å²) < 4.78 is 10.5. The number of methoxy groups -OCH3 is 1. The lowest BCUT2D eigenvalue weighted by atomic mass is 9.97. The van der Waals surface area contributed by atoms with Crippen LogP contribution in [0.25, 0.3) is 0 Å². The average Bonchev–Trinajstić information content (AvgIpc) is 2.38. The first-order chi connectivity index (χ1) is 8.67. The molecule has 0 saturated heterocycles. The van der Waals surface area contributed by atoms with Crippen molar-refractivity contribution in [1.82, 2.24) is 0 Å². The Morgan fingerprint density at radius 3 is 2.78 bits per heavy atom. The van der Waals surface area contributed by atoms with Crippen LogP contribution in [-0.2, 0) is 11.2 Å². The Balaban J connectivity index is 2.53. The third kappa shape index (κ3) is 5.25. The average molecular weight is 272 g/mol. The molecule has 2 N–H and O–H groups in total. The van der Waals surface area contributed by atoms with Crippen LogP contribution in [0.15, 0.2) is 24.3 Å². The maximum absolute atomic E-state index is 6.09. The summed E-state index contributed by atoms with van der Waals surface area (Å²) in [5, 5.41) is 0. The number of rotatable bonds is 8. The highest BCUT2D eigenvalue weighted by Crippen LogP contribution is 2.16. The topological polar surface area (TPSA) is 44.5 Å². The molecule has 4 heteroatoms. The Labute approximate surface area is 114 Å². The maximum atomic E-state index is 6.09. The lowest BCUT2D eigenvalue weighted by molar-refractivity contribution is 0.146. The summed E-state index contributed by atoms with van der Waals surface area (Å²) in [6, 6.07) is 8.09. The summed E-state index contributed by atoms with van der Waals surface area (Å²) in [5.74, 6) is 1.76. The highest BCUT2D eigenvalue weighted by atomic mass is 35.5. The predicted octanol–water partition coefficient (Wildman–Crippen LogP) is 2.46. The van der Waals surface area contributed by atoms with Gasteiger partial charge in [-0.1, -0.05) is 19.1 Å². The van der Waals surface area contributed by atoms with Gasteiger partial charge in [0.15, 0.2) is 0 Å². The summed E-state index contributed by atoms with van der Waals surface area (Å²) in [6.07, 6.45) is 0.815. The second-order valence-electron chi connectivity index (χ2n) is 4.49. The minimum Gasteiger partial charge on any atom is -0.491 e. The van der Waals surface area contributed by atoms with Gasteiger partial charge in [-0.05, 0) is 30.0 Å². The number of halogens is 1. The van der Waals surface area contributed by atoms with Gasteiger partial charge in [-0.15, -0.1) is 11.6 Å². The monoisotopic (exact) mass is 271 g/mol. The van der Waals surface area contributed by atoms with E-state index in [0.29, 0.717) is 25.0 Å². The molecule has 0 aliphatic heterocycles. The maximum Gasteiger partial charge on any atom is 0.119 e. The van der Waals surface area contributed by atoms with Gasteiger partial charge in [-0.3, -0.25) is 0 Å². The van der Waals surface area contributed by atoms with Crippen LogP contribution in [-0.4, -0.2) is 32.2 Å². The van der Waals surface area contributed by atoms with E-state index < -0.39 is 0 Å². The molecule has 2 unspecified atom stereocenters. The molecular formula is C14H22ClNO2. The van der Waals surface area contributed by atoms with E-state index in [2.05, 4.69) is 13.0 Å². The van der Waals surface area contributed by atoms with Gasteiger partial charge in [0.2, 0.25) is 0 Å². The normalized spacial score (nSPS) is 14.2. The lowest BCUT2D eigenvalue weighted by Crippen LogP contribution is -2.31. The van der Waals surface area contributed by atoms with Crippen LogP contribution in [0.3, 0.4) is 0 Å². The SMILES string of the molecule is COCCOc1cccc(CC(N)C(C)CCl)c1. The van der Waals surface area contributed by atoms with E-state index in [-0.39, 0.29) is 6.04 Å². The molecule has 3 nitrogen and oxygen atoms in total. The quantitative estimate of drug-likeness (QED) is 0.583. The molecule has 2 atom stereocenters. The van der Waals surface area contributed by atoms with Crippen molar-refractivity contribution < 1.29 is 9.47 Å². The van der Waals surface area contributed by atoms with E-state index in [1.54, 1.807) is 7.11 Å². The fourth-order valence-corrected chi connectivity index (χ4v) is 1.82. The van der Waals surface area contributed by atoms with Crippen molar-refractivity contribution in [3.8, 4) is 5.75 Å². The van der Waals surface area contributed by atoms with Crippen LogP contribution in [0.4, 0.5) is 0 Å². The first-order valence-corrected chi connectivity index (χ1v) is 6.73. The Morgan fingerprint density at radius 2 is 2.11 bits per heavy atom. The van der Waals surface area contributed by atoms with Gasteiger partial charge in [0, 0.05) is 19.0 Å². The largest absolute Gasteiger partial charge is 0.491 e. The van der Waals surface area contributed by atoms with Gasteiger partial charge >= 0.3 is 0 Å². The fraction of sp³-hybridized carbons (Fsp3) is 0.571. The molecule has 0 spiro atoms. The number of hydrogen-bond donors (Lipinski definition) is 1. The predicted molar refractivity (Wildman–Crippen MR) is 75.4 cm³/mol. The molecule has 0 aliphatic rings. The van der Waals surface area contributed by atoms with Gasteiger partial charge in [0.25, 0.3) is 0 Å². The Bertz CT molecular complexity index is 346. The zero-order valence-corrected chi connectivity index (χ0v) is 11.8. The molecule has 0 aliphatic carbocycles. The van der Waals surface area contributed by atoms with Crippen molar-refractivity contribution in [3.05, 3.63) is 29.8 Å². The van der Waals surface area contributed by atoms with Crippen LogP contribution < -0.4 is 10.5 Å². The standard InChI is InChI=1S/C14H22ClNO2/c1-11(10-15)14(16)9-12-4-3-5-13(8-12)18-7-6-17-2/h3-5,8,11,14H,6-7,9-10,16H2,1-2H3. The molecule has 1 rings (SSSR count). The minimum absolute atomic E-state index is 0.0803. The van der Waals surface area contributed by atoms with Crippen molar-refractivity contribution in [2.45, 2.75) is 19.4 Å².